The molecule has 1 aromatic heterocycles. The summed E-state index contributed by atoms with van der Waals surface area (Å²) in [7, 11) is 1.59. The molecule has 0 aliphatic carbocycles. The zero-order chi connectivity index (χ0) is 31.0. The molecule has 3 heterocycles. The van der Waals surface area contributed by atoms with Gasteiger partial charge in [0, 0.05) is 18.9 Å². The molecule has 0 radical (unpaired) electrons. The van der Waals surface area contributed by atoms with Crippen LogP contribution in [0.1, 0.15) is 61.9 Å². The van der Waals surface area contributed by atoms with Crippen molar-refractivity contribution < 1.29 is 34.1 Å². The minimum absolute atomic E-state index is 0.0418. The molecule has 43 heavy (non-hydrogen) atoms. The fraction of sp³-hybridized carbons (Fsp3) is 0.273. The first-order chi connectivity index (χ1) is 20.5. The third-order valence-corrected chi connectivity index (χ3v) is 8.34. The van der Waals surface area contributed by atoms with Gasteiger partial charge in [0.05, 0.1) is 28.9 Å². The van der Waals surface area contributed by atoms with Crippen LogP contribution in [0.15, 0.2) is 66.2 Å². The van der Waals surface area contributed by atoms with Crippen molar-refractivity contribution in [2.24, 2.45) is 0 Å². The minimum atomic E-state index is -0.836. The third-order valence-electron chi connectivity index (χ3n) is 7.32. The molecule has 1 fully saturated rings. The number of aliphatic hydroxyl groups excluding tert-OH is 1. The van der Waals surface area contributed by atoms with Gasteiger partial charge in [0.1, 0.15) is 23.4 Å². The van der Waals surface area contributed by atoms with E-state index in [2.05, 4.69) is 13.8 Å². The highest BCUT2D eigenvalue weighted by atomic mass is 32.1. The lowest BCUT2D eigenvalue weighted by molar-refractivity contribution is -0.134. The number of ether oxygens (including phenoxy) is 2. The summed E-state index contributed by atoms with van der Waals surface area (Å²) >= 11 is 1.30. The summed E-state index contributed by atoms with van der Waals surface area (Å²) in [6.07, 6.45) is 0.750. The first kappa shape index (κ1) is 29.8. The zero-order valence-electron chi connectivity index (χ0n) is 24.5. The Hall–Kier alpha value is -4.70. The molecule has 2 atom stereocenters. The van der Waals surface area contributed by atoms with Crippen molar-refractivity contribution in [1.82, 2.24) is 4.98 Å². The lowest BCUT2D eigenvalue weighted by atomic mass is 9.93. The number of methoxy groups -OCH3 is 1. The van der Waals surface area contributed by atoms with E-state index in [0.717, 1.165) is 34.1 Å². The molecule has 0 spiro atoms. The second kappa shape index (κ2) is 11.9. The van der Waals surface area contributed by atoms with E-state index in [1.165, 1.54) is 16.2 Å². The number of aliphatic hydroxyl groups is 1. The first-order valence-corrected chi connectivity index (χ1v) is 14.6. The van der Waals surface area contributed by atoms with Gasteiger partial charge >= 0.3 is 5.91 Å². The number of Topliss-reactive ketones (excluding diaryl/α,β-unsaturated/α-hetero) is 1. The predicted molar refractivity (Wildman–Crippen MR) is 165 cm³/mol. The average Bonchev–Trinajstić information content (AvgIpc) is 3.64. The molecule has 3 aromatic carbocycles. The van der Waals surface area contributed by atoms with Crippen LogP contribution in [0.5, 0.6) is 11.5 Å². The normalized spacial score (nSPS) is 18.8. The highest BCUT2D eigenvalue weighted by molar-refractivity contribution is 7.22. The maximum absolute atomic E-state index is 13.6. The lowest BCUT2D eigenvalue weighted by Gasteiger charge is -2.23. The summed E-state index contributed by atoms with van der Waals surface area (Å²) in [5.74, 6) is -0.744. The number of aromatic nitrogens is 1. The van der Waals surface area contributed by atoms with Gasteiger partial charge in [-0.05, 0) is 65.9 Å². The van der Waals surface area contributed by atoms with Gasteiger partial charge in [-0.1, -0.05) is 49.4 Å². The summed E-state index contributed by atoms with van der Waals surface area (Å²) in [4.78, 5) is 42.3. The zero-order valence-corrected chi connectivity index (χ0v) is 25.3. The average molecular weight is 601 g/mol. The second-order valence-corrected chi connectivity index (χ2v) is 11.8. The lowest BCUT2D eigenvalue weighted by Crippen LogP contribution is -2.29. The number of thiazole rings is 1. The number of ketones is 1. The van der Waals surface area contributed by atoms with Crippen LogP contribution in [-0.2, 0) is 20.8 Å². The van der Waals surface area contributed by atoms with Crippen LogP contribution in [0.2, 0.25) is 0 Å². The Bertz CT molecular complexity index is 1750. The quantitative estimate of drug-likeness (QED) is 0.152. The number of carbonyl (C=O) groups is 3. The smallest absolute Gasteiger partial charge is 0.301 e. The first-order valence-electron chi connectivity index (χ1n) is 13.8. The molecule has 2 aliphatic heterocycles. The molecule has 6 rings (SSSR count). The molecule has 2 N–H and O–H groups in total. The Morgan fingerprint density at radius 1 is 1.07 bits per heavy atom. The van der Waals surface area contributed by atoms with E-state index in [-0.39, 0.29) is 17.4 Å². The minimum Gasteiger partial charge on any atom is -0.507 e. The predicted octanol–water partition coefficient (Wildman–Crippen LogP) is 6.47. The maximum Gasteiger partial charge on any atom is 0.301 e. The van der Waals surface area contributed by atoms with Crippen LogP contribution in [0.4, 0.5) is 5.13 Å². The topological polar surface area (TPSA) is 126 Å². The van der Waals surface area contributed by atoms with Crippen LogP contribution >= 0.6 is 11.3 Å². The largest absolute Gasteiger partial charge is 0.507 e. The number of carbonyl (C=O) groups excluding carboxylic acids is 2. The molecule has 1 amide bonds. The van der Waals surface area contributed by atoms with Crippen LogP contribution in [0.25, 0.3) is 16.0 Å². The van der Waals surface area contributed by atoms with Gasteiger partial charge in [-0.2, -0.15) is 0 Å². The van der Waals surface area contributed by atoms with Crippen molar-refractivity contribution in [3.63, 3.8) is 0 Å². The van der Waals surface area contributed by atoms with Gasteiger partial charge in [-0.25, -0.2) is 4.98 Å². The number of hydrogen-bond acceptors (Lipinski definition) is 8. The number of aliphatic carboxylic acids is 1. The van der Waals surface area contributed by atoms with Gasteiger partial charge in [0.15, 0.2) is 5.13 Å². The van der Waals surface area contributed by atoms with Crippen molar-refractivity contribution in [2.45, 2.75) is 52.2 Å². The Balaban J connectivity index is 0.000000868. The van der Waals surface area contributed by atoms with E-state index in [0.29, 0.717) is 34.3 Å². The number of carboxylic acid groups (broad SMARTS) is 1. The highest BCUT2D eigenvalue weighted by Gasteiger charge is 2.48. The van der Waals surface area contributed by atoms with Crippen molar-refractivity contribution in [2.75, 3.05) is 12.0 Å². The summed E-state index contributed by atoms with van der Waals surface area (Å²) in [6.45, 7) is 7.28. The van der Waals surface area contributed by atoms with Gasteiger partial charge < -0.3 is 19.7 Å². The molecule has 10 heteroatoms. The van der Waals surface area contributed by atoms with Crippen molar-refractivity contribution >= 4 is 50.1 Å². The number of benzene rings is 3. The van der Waals surface area contributed by atoms with E-state index < -0.39 is 23.7 Å². The second-order valence-electron chi connectivity index (χ2n) is 10.8. The van der Waals surface area contributed by atoms with Crippen molar-refractivity contribution in [3.8, 4) is 11.5 Å². The highest BCUT2D eigenvalue weighted by Crippen LogP contribution is 2.45. The van der Waals surface area contributed by atoms with Crippen LogP contribution in [0, 0.1) is 0 Å². The molecule has 2 unspecified atom stereocenters. The summed E-state index contributed by atoms with van der Waals surface area (Å²) in [6, 6.07) is 17.8. The monoisotopic (exact) mass is 600 g/mol. The summed E-state index contributed by atoms with van der Waals surface area (Å²) in [5, 5.41) is 19.4. The molecule has 222 valence electrons. The Morgan fingerprint density at radius 3 is 2.42 bits per heavy atom. The number of amides is 1. The molecule has 0 saturated carbocycles. The van der Waals surface area contributed by atoms with Crippen LogP contribution in [-0.4, -0.2) is 46.1 Å². The van der Waals surface area contributed by atoms with E-state index >= 15 is 0 Å². The molecule has 2 aliphatic rings. The third kappa shape index (κ3) is 5.83. The number of anilines is 1. The standard InChI is InChI=1S/C31H28N2O5S.C2H4O2/c1-16(2)18-5-7-19(8-6-18)27-26(28(34)20-9-12-24-21(14-20)13-17(3)38-24)29(35)30(36)33(27)31-32-23-11-10-22(37-4)15-25(23)39-31;1-2(3)4/h5-12,14-17,27,34H,13H2,1-4H3;1H3,(H,3,4)/b28-26+;. The van der Waals surface area contributed by atoms with Crippen LogP contribution in [0.3, 0.4) is 0 Å². The fourth-order valence-electron chi connectivity index (χ4n) is 5.26. The Morgan fingerprint density at radius 2 is 1.77 bits per heavy atom. The van der Waals surface area contributed by atoms with E-state index in [9.17, 15) is 14.7 Å². The van der Waals surface area contributed by atoms with E-state index in [1.807, 2.05) is 49.4 Å². The number of hydrogen-bond donors (Lipinski definition) is 2. The molecule has 9 nitrogen and oxygen atoms in total. The molecule has 4 aromatic rings. The maximum atomic E-state index is 13.6. The number of rotatable bonds is 5. The number of nitrogens with zero attached hydrogens (tertiary/aromatic N) is 2. The Labute approximate surface area is 253 Å². The molecular weight excluding hydrogens is 568 g/mol. The van der Waals surface area contributed by atoms with Crippen LogP contribution < -0.4 is 14.4 Å². The van der Waals surface area contributed by atoms with Gasteiger partial charge in [0.25, 0.3) is 11.8 Å². The Kier molecular flexibility index (Phi) is 8.23. The van der Waals surface area contributed by atoms with Crippen molar-refractivity contribution in [1.29, 1.82) is 0 Å². The van der Waals surface area contributed by atoms with Gasteiger partial charge in [0.2, 0.25) is 0 Å². The fourth-order valence-corrected chi connectivity index (χ4v) is 6.28. The summed E-state index contributed by atoms with van der Waals surface area (Å²) in [5.41, 5.74) is 4.02. The van der Waals surface area contributed by atoms with E-state index in [1.54, 1.807) is 25.3 Å². The SMILES string of the molecule is CC(=O)O.COc1ccc2nc(N3C(=O)C(=O)/C(=C(/O)c4ccc5c(c4)CC(C)O5)C3c3ccc(C(C)C)cc3)sc2c1. The number of fused-ring (bicyclic) bond motifs is 2. The molecular formula is C33H32N2O7S. The molecule has 0 bridgehead atoms. The van der Waals surface area contributed by atoms with Gasteiger partial charge in [-0.15, -0.1) is 0 Å². The number of carboxylic acids is 1. The van der Waals surface area contributed by atoms with E-state index in [4.69, 9.17) is 24.4 Å². The van der Waals surface area contributed by atoms with Gasteiger partial charge in [-0.3, -0.25) is 19.3 Å². The molecule has 1 saturated heterocycles. The summed E-state index contributed by atoms with van der Waals surface area (Å²) < 4.78 is 12.0. The van der Waals surface area contributed by atoms with Crippen molar-refractivity contribution in [3.05, 3.63) is 88.5 Å².